The van der Waals surface area contributed by atoms with Gasteiger partial charge in [-0.1, -0.05) is 0 Å². The Morgan fingerprint density at radius 3 is 2.65 bits per heavy atom. The van der Waals surface area contributed by atoms with E-state index in [1.54, 1.807) is 12.3 Å². The highest BCUT2D eigenvalue weighted by molar-refractivity contribution is 5.86. The molecule has 1 aromatic rings. The van der Waals surface area contributed by atoms with Gasteiger partial charge in [0.25, 0.3) is 0 Å². The Labute approximate surface area is 101 Å². The van der Waals surface area contributed by atoms with E-state index in [1.165, 1.54) is 4.90 Å². The van der Waals surface area contributed by atoms with Crippen molar-refractivity contribution in [1.29, 1.82) is 0 Å². The Morgan fingerprint density at radius 2 is 2.18 bits per heavy atom. The highest BCUT2D eigenvalue weighted by Gasteiger charge is 2.28. The van der Waals surface area contributed by atoms with Gasteiger partial charge in [-0.05, 0) is 51.4 Å². The molecule has 0 aromatic carbocycles. The number of anilines is 1. The fourth-order valence-electron chi connectivity index (χ4n) is 1.63. The molecule has 1 rings (SSSR count). The molecule has 0 aliphatic rings. The fraction of sp³-hybridized carbons (Fsp3) is 0.500. The van der Waals surface area contributed by atoms with E-state index < -0.39 is 11.6 Å². The van der Waals surface area contributed by atoms with Gasteiger partial charge in [0.2, 0.25) is 0 Å². The molecular weight excluding hydrogens is 218 g/mol. The second kappa shape index (κ2) is 5.14. The molecule has 0 radical (unpaired) electrons. The average Bonchev–Trinajstić information content (AvgIpc) is 2.15. The van der Waals surface area contributed by atoms with E-state index in [1.807, 2.05) is 26.8 Å². The molecular formula is C12H19N3O2. The van der Waals surface area contributed by atoms with Crippen molar-refractivity contribution in [1.82, 2.24) is 4.98 Å². The first-order valence-electron chi connectivity index (χ1n) is 5.54. The summed E-state index contributed by atoms with van der Waals surface area (Å²) in [5.74, 6) is 0.441. The maximum atomic E-state index is 11.3. The van der Waals surface area contributed by atoms with Crippen LogP contribution in [0.1, 0.15) is 26.3 Å². The van der Waals surface area contributed by atoms with E-state index in [0.717, 1.165) is 5.56 Å². The number of hydrogen-bond acceptors (Lipinski definition) is 3. The van der Waals surface area contributed by atoms with Crippen molar-refractivity contribution in [3.63, 3.8) is 0 Å². The molecule has 5 heteroatoms. The van der Waals surface area contributed by atoms with Crippen LogP contribution in [0, 0.1) is 0 Å². The molecule has 0 bridgehead atoms. The van der Waals surface area contributed by atoms with Crippen molar-refractivity contribution in [2.45, 2.75) is 32.7 Å². The summed E-state index contributed by atoms with van der Waals surface area (Å²) in [7, 11) is 0. The normalized spacial score (nSPS) is 11.3. The fourth-order valence-corrected chi connectivity index (χ4v) is 1.63. The van der Waals surface area contributed by atoms with Crippen LogP contribution < -0.4 is 10.6 Å². The first-order valence-corrected chi connectivity index (χ1v) is 5.54. The topological polar surface area (TPSA) is 79.5 Å². The molecule has 0 aliphatic heterocycles. The second-order valence-corrected chi connectivity index (χ2v) is 4.85. The average molecular weight is 237 g/mol. The largest absolute Gasteiger partial charge is 0.465 e. The van der Waals surface area contributed by atoms with Gasteiger partial charge in [0.1, 0.15) is 5.82 Å². The number of rotatable bonds is 3. The highest BCUT2D eigenvalue weighted by atomic mass is 16.4. The molecule has 3 N–H and O–H groups in total. The van der Waals surface area contributed by atoms with Gasteiger partial charge in [0.15, 0.2) is 0 Å². The van der Waals surface area contributed by atoms with Crippen LogP contribution in [0.25, 0.3) is 0 Å². The highest BCUT2D eigenvalue weighted by Crippen LogP contribution is 2.22. The van der Waals surface area contributed by atoms with Crippen LogP contribution in [0.3, 0.4) is 0 Å². The summed E-state index contributed by atoms with van der Waals surface area (Å²) in [6.45, 7) is 6.03. The summed E-state index contributed by atoms with van der Waals surface area (Å²) >= 11 is 0. The van der Waals surface area contributed by atoms with Gasteiger partial charge in [0, 0.05) is 11.7 Å². The molecule has 0 spiro atoms. The molecule has 0 atom stereocenters. The van der Waals surface area contributed by atoms with E-state index >= 15 is 0 Å². The van der Waals surface area contributed by atoms with Crippen molar-refractivity contribution in [3.05, 3.63) is 23.9 Å². The van der Waals surface area contributed by atoms with Gasteiger partial charge in [-0.25, -0.2) is 9.78 Å². The van der Waals surface area contributed by atoms with Crippen LogP contribution in [-0.2, 0) is 6.42 Å². The Kier molecular flexibility index (Phi) is 4.07. The Bertz CT molecular complexity index is 399. The zero-order valence-electron chi connectivity index (χ0n) is 10.5. The molecule has 17 heavy (non-hydrogen) atoms. The smallest absolute Gasteiger partial charge is 0.413 e. The minimum Gasteiger partial charge on any atom is -0.465 e. The number of carboxylic acid groups (broad SMARTS) is 1. The molecule has 1 amide bonds. The van der Waals surface area contributed by atoms with Crippen LogP contribution >= 0.6 is 0 Å². The van der Waals surface area contributed by atoms with Gasteiger partial charge in [-0.15, -0.1) is 0 Å². The number of amides is 1. The van der Waals surface area contributed by atoms with Crippen molar-refractivity contribution in [2.75, 3.05) is 11.4 Å². The molecule has 0 aliphatic carbocycles. The summed E-state index contributed by atoms with van der Waals surface area (Å²) in [5.41, 5.74) is 5.95. The number of pyridine rings is 1. The van der Waals surface area contributed by atoms with Crippen LogP contribution in [0.2, 0.25) is 0 Å². The zero-order valence-corrected chi connectivity index (χ0v) is 10.5. The third-order valence-electron chi connectivity index (χ3n) is 2.33. The standard InChI is InChI=1S/C12H19N3O2/c1-12(2,3)15(11(16)17)10-8-9(4-6-13)5-7-14-10/h5,7-8H,4,6,13H2,1-3H3,(H,16,17). The summed E-state index contributed by atoms with van der Waals surface area (Å²) in [6, 6.07) is 3.62. The number of nitrogens with two attached hydrogens (primary N) is 1. The first-order chi connectivity index (χ1) is 7.86. The number of aromatic nitrogens is 1. The minimum absolute atomic E-state index is 0.441. The second-order valence-electron chi connectivity index (χ2n) is 4.85. The van der Waals surface area contributed by atoms with Crippen LogP contribution in [0.5, 0.6) is 0 Å². The van der Waals surface area contributed by atoms with Gasteiger partial charge in [-0.2, -0.15) is 0 Å². The monoisotopic (exact) mass is 237 g/mol. The van der Waals surface area contributed by atoms with Crippen molar-refractivity contribution < 1.29 is 9.90 Å². The molecule has 5 nitrogen and oxygen atoms in total. The quantitative estimate of drug-likeness (QED) is 0.841. The minimum atomic E-state index is -1.00. The molecule has 0 saturated carbocycles. The summed E-state index contributed by atoms with van der Waals surface area (Å²) in [6.07, 6.45) is 1.32. The maximum Gasteiger partial charge on any atom is 0.413 e. The molecule has 94 valence electrons. The van der Waals surface area contributed by atoms with E-state index in [4.69, 9.17) is 5.73 Å². The van der Waals surface area contributed by atoms with Crippen molar-refractivity contribution in [3.8, 4) is 0 Å². The van der Waals surface area contributed by atoms with Crippen LogP contribution in [0.15, 0.2) is 18.3 Å². The summed E-state index contributed by atoms with van der Waals surface area (Å²) in [5, 5.41) is 9.24. The SMILES string of the molecule is CC(C)(C)N(C(=O)O)c1cc(CCN)ccn1. The van der Waals surface area contributed by atoms with Crippen LogP contribution in [-0.4, -0.2) is 28.3 Å². The van der Waals surface area contributed by atoms with Gasteiger partial charge >= 0.3 is 6.09 Å². The molecule has 0 fully saturated rings. The zero-order chi connectivity index (χ0) is 13.1. The van der Waals surface area contributed by atoms with Crippen molar-refractivity contribution >= 4 is 11.9 Å². The van der Waals surface area contributed by atoms with E-state index in [0.29, 0.717) is 18.8 Å². The lowest BCUT2D eigenvalue weighted by molar-refractivity contribution is 0.195. The number of hydrogen-bond donors (Lipinski definition) is 2. The lowest BCUT2D eigenvalue weighted by Crippen LogP contribution is -2.45. The van der Waals surface area contributed by atoms with E-state index in [-0.39, 0.29) is 0 Å². The first kappa shape index (κ1) is 13.4. The van der Waals surface area contributed by atoms with Gasteiger partial charge in [-0.3, -0.25) is 4.90 Å². The predicted octanol–water partition coefficient (Wildman–Crippen LogP) is 1.87. The lowest BCUT2D eigenvalue weighted by Gasteiger charge is -2.32. The Hall–Kier alpha value is -1.62. The molecule has 0 saturated heterocycles. The molecule has 1 aromatic heterocycles. The third kappa shape index (κ3) is 3.42. The number of carbonyl (C=O) groups is 1. The Balaban J connectivity index is 3.11. The number of nitrogens with zero attached hydrogens (tertiary/aromatic N) is 2. The van der Waals surface area contributed by atoms with Gasteiger partial charge in [0.05, 0.1) is 0 Å². The lowest BCUT2D eigenvalue weighted by atomic mass is 10.1. The maximum absolute atomic E-state index is 11.3. The summed E-state index contributed by atoms with van der Waals surface area (Å²) in [4.78, 5) is 16.6. The molecule has 1 heterocycles. The van der Waals surface area contributed by atoms with Crippen molar-refractivity contribution in [2.24, 2.45) is 5.73 Å². The van der Waals surface area contributed by atoms with Crippen LogP contribution in [0.4, 0.5) is 10.6 Å². The Morgan fingerprint density at radius 1 is 1.53 bits per heavy atom. The van der Waals surface area contributed by atoms with E-state index in [9.17, 15) is 9.90 Å². The molecule has 0 unspecified atom stereocenters. The third-order valence-corrected chi connectivity index (χ3v) is 2.33. The van der Waals surface area contributed by atoms with E-state index in [2.05, 4.69) is 4.98 Å². The predicted molar refractivity (Wildman–Crippen MR) is 67.3 cm³/mol. The van der Waals surface area contributed by atoms with Gasteiger partial charge < -0.3 is 10.8 Å². The summed E-state index contributed by atoms with van der Waals surface area (Å²) < 4.78 is 0.